The maximum atomic E-state index is 13.5. The number of nitrogens with one attached hydrogen (secondary N) is 1. The summed E-state index contributed by atoms with van der Waals surface area (Å²) < 4.78 is 18.3. The summed E-state index contributed by atoms with van der Waals surface area (Å²) in [6, 6.07) is 5.79. The first-order chi connectivity index (χ1) is 11.0. The summed E-state index contributed by atoms with van der Waals surface area (Å²) in [6.07, 6.45) is 2.87. The van der Waals surface area contributed by atoms with Gasteiger partial charge in [-0.3, -0.25) is 4.79 Å². The van der Waals surface area contributed by atoms with E-state index in [1.807, 2.05) is 18.4 Å². The van der Waals surface area contributed by atoms with Crippen molar-refractivity contribution in [2.75, 3.05) is 11.9 Å². The second-order valence-corrected chi connectivity index (χ2v) is 5.97. The molecule has 2 aromatic rings. The Bertz CT molecular complexity index is 758. The molecule has 0 aliphatic heterocycles. The summed E-state index contributed by atoms with van der Waals surface area (Å²) in [5.41, 5.74) is 1.02. The van der Waals surface area contributed by atoms with Gasteiger partial charge < -0.3 is 10.1 Å². The minimum atomic E-state index is -0.662. The van der Waals surface area contributed by atoms with Gasteiger partial charge >= 0.3 is 5.97 Å². The summed E-state index contributed by atoms with van der Waals surface area (Å²) in [4.78, 5) is 24.1. The molecule has 0 saturated heterocycles. The Hall–Kier alpha value is -2.18. The van der Waals surface area contributed by atoms with Crippen LogP contribution >= 0.6 is 22.9 Å². The predicted molar refractivity (Wildman–Crippen MR) is 89.1 cm³/mol. The Morgan fingerprint density at radius 2 is 2.17 bits per heavy atom. The van der Waals surface area contributed by atoms with Crippen LogP contribution < -0.4 is 5.32 Å². The fourth-order valence-corrected chi connectivity index (χ4v) is 2.64. The van der Waals surface area contributed by atoms with E-state index >= 15 is 0 Å². The number of carbonyl (C=O) groups excluding carboxylic acids is 2. The van der Waals surface area contributed by atoms with Gasteiger partial charge in [0.2, 0.25) is 0 Å². The maximum absolute atomic E-state index is 13.5. The van der Waals surface area contributed by atoms with Crippen LogP contribution in [0.5, 0.6) is 0 Å². The number of esters is 1. The van der Waals surface area contributed by atoms with E-state index in [1.54, 1.807) is 6.08 Å². The van der Waals surface area contributed by atoms with Crippen LogP contribution in [0.25, 0.3) is 6.08 Å². The quantitative estimate of drug-likeness (QED) is 0.652. The number of amides is 1. The van der Waals surface area contributed by atoms with Gasteiger partial charge in [-0.05, 0) is 48.2 Å². The lowest BCUT2D eigenvalue weighted by Crippen LogP contribution is -2.20. The monoisotopic (exact) mass is 353 g/mol. The Kier molecular flexibility index (Phi) is 5.90. The summed E-state index contributed by atoms with van der Waals surface area (Å²) in [5.74, 6) is -1.95. The number of benzene rings is 1. The third kappa shape index (κ3) is 5.19. The fourth-order valence-electron chi connectivity index (χ4n) is 1.66. The molecule has 23 heavy (non-hydrogen) atoms. The number of hydrogen-bond donors (Lipinski definition) is 1. The van der Waals surface area contributed by atoms with E-state index in [0.29, 0.717) is 0 Å². The van der Waals surface area contributed by atoms with Gasteiger partial charge in [-0.2, -0.15) is 0 Å². The number of thiophene rings is 1. The van der Waals surface area contributed by atoms with Crippen molar-refractivity contribution < 1.29 is 18.7 Å². The molecule has 0 fully saturated rings. The average Bonchev–Trinajstić information content (AvgIpc) is 2.91. The molecule has 0 unspecified atom stereocenters. The second-order valence-electron chi connectivity index (χ2n) is 4.58. The van der Waals surface area contributed by atoms with E-state index in [1.165, 1.54) is 29.5 Å². The SMILES string of the molecule is Cc1ccsc1/C=C/C(=O)OCC(=O)Nc1ccc(Cl)cc1F. The lowest BCUT2D eigenvalue weighted by Gasteiger charge is -2.06. The Morgan fingerprint density at radius 1 is 1.39 bits per heavy atom. The molecule has 1 N–H and O–H groups in total. The first-order valence-corrected chi connectivity index (χ1v) is 7.85. The first kappa shape index (κ1) is 17.2. The lowest BCUT2D eigenvalue weighted by molar-refractivity contribution is -0.142. The molecule has 1 aromatic heterocycles. The van der Waals surface area contributed by atoms with E-state index in [9.17, 15) is 14.0 Å². The number of ether oxygens (including phenoxy) is 1. The van der Waals surface area contributed by atoms with Gasteiger partial charge in [0, 0.05) is 16.0 Å². The van der Waals surface area contributed by atoms with Gasteiger partial charge in [0.15, 0.2) is 6.61 Å². The largest absolute Gasteiger partial charge is 0.452 e. The van der Waals surface area contributed by atoms with Crippen molar-refractivity contribution in [2.24, 2.45) is 0 Å². The highest BCUT2D eigenvalue weighted by atomic mass is 35.5. The molecule has 0 radical (unpaired) electrons. The number of hydrogen-bond acceptors (Lipinski definition) is 4. The normalized spacial score (nSPS) is 10.7. The second kappa shape index (κ2) is 7.89. The molecule has 0 aliphatic carbocycles. The van der Waals surface area contributed by atoms with E-state index in [4.69, 9.17) is 16.3 Å². The van der Waals surface area contributed by atoms with Gasteiger partial charge in [-0.1, -0.05) is 11.6 Å². The molecular weight excluding hydrogens is 341 g/mol. The Labute approximate surface area is 141 Å². The number of rotatable bonds is 5. The standard InChI is InChI=1S/C16H13ClFNO3S/c1-10-6-7-23-14(10)4-5-16(21)22-9-15(20)19-13-3-2-11(17)8-12(13)18/h2-8H,9H2,1H3,(H,19,20)/b5-4+. The van der Waals surface area contributed by atoms with Gasteiger partial charge in [0.05, 0.1) is 5.69 Å². The highest BCUT2D eigenvalue weighted by Crippen LogP contribution is 2.19. The summed E-state index contributed by atoms with van der Waals surface area (Å²) in [5, 5.41) is 4.43. The van der Waals surface area contributed by atoms with E-state index in [-0.39, 0.29) is 10.7 Å². The number of anilines is 1. The minimum absolute atomic E-state index is 0.0276. The molecule has 1 heterocycles. The van der Waals surface area contributed by atoms with Gasteiger partial charge in [0.25, 0.3) is 5.91 Å². The van der Waals surface area contributed by atoms with Gasteiger partial charge in [-0.25, -0.2) is 9.18 Å². The summed E-state index contributed by atoms with van der Waals surface area (Å²) in [7, 11) is 0. The van der Waals surface area contributed by atoms with Crippen LogP contribution in [0.1, 0.15) is 10.4 Å². The topological polar surface area (TPSA) is 55.4 Å². The first-order valence-electron chi connectivity index (χ1n) is 6.59. The van der Waals surface area contributed by atoms with Crippen molar-refractivity contribution in [3.05, 3.63) is 57.0 Å². The zero-order chi connectivity index (χ0) is 16.8. The third-order valence-corrected chi connectivity index (χ3v) is 4.04. The van der Waals surface area contributed by atoms with Crippen LogP contribution in [0.4, 0.5) is 10.1 Å². The zero-order valence-corrected chi connectivity index (χ0v) is 13.7. The molecule has 0 saturated carbocycles. The average molecular weight is 354 g/mol. The molecule has 1 amide bonds. The van der Waals surface area contributed by atoms with Crippen molar-refractivity contribution in [3.8, 4) is 0 Å². The molecule has 120 valence electrons. The van der Waals surface area contributed by atoms with Crippen molar-refractivity contribution in [1.29, 1.82) is 0 Å². The molecule has 2 rings (SSSR count). The van der Waals surface area contributed by atoms with Crippen LogP contribution in [-0.2, 0) is 14.3 Å². The van der Waals surface area contributed by atoms with Gasteiger partial charge in [0.1, 0.15) is 5.82 Å². The predicted octanol–water partition coefficient (Wildman–Crippen LogP) is 4.04. The Balaban J connectivity index is 1.83. The van der Waals surface area contributed by atoms with Crippen LogP contribution in [0.3, 0.4) is 0 Å². The Morgan fingerprint density at radius 3 is 2.83 bits per heavy atom. The molecule has 4 nitrogen and oxygen atoms in total. The molecular formula is C16H13ClFNO3S. The van der Waals surface area contributed by atoms with E-state index < -0.39 is 24.3 Å². The fraction of sp³-hybridized carbons (Fsp3) is 0.125. The van der Waals surface area contributed by atoms with Crippen LogP contribution in [0.15, 0.2) is 35.7 Å². The smallest absolute Gasteiger partial charge is 0.331 e. The molecule has 0 bridgehead atoms. The molecule has 0 spiro atoms. The highest BCUT2D eigenvalue weighted by molar-refractivity contribution is 7.11. The van der Waals surface area contributed by atoms with E-state index in [2.05, 4.69) is 5.32 Å². The molecule has 1 aromatic carbocycles. The number of halogens is 2. The van der Waals surface area contributed by atoms with Gasteiger partial charge in [-0.15, -0.1) is 11.3 Å². The van der Waals surface area contributed by atoms with Crippen molar-refractivity contribution in [1.82, 2.24) is 0 Å². The lowest BCUT2D eigenvalue weighted by atomic mass is 10.3. The van der Waals surface area contributed by atoms with Crippen molar-refractivity contribution in [3.63, 3.8) is 0 Å². The zero-order valence-electron chi connectivity index (χ0n) is 12.1. The third-order valence-electron chi connectivity index (χ3n) is 2.82. The van der Waals surface area contributed by atoms with Crippen LogP contribution in [0, 0.1) is 12.7 Å². The van der Waals surface area contributed by atoms with Crippen molar-refractivity contribution >= 4 is 46.6 Å². The van der Waals surface area contributed by atoms with Crippen molar-refractivity contribution in [2.45, 2.75) is 6.92 Å². The molecule has 0 atom stereocenters. The number of carbonyl (C=O) groups is 2. The maximum Gasteiger partial charge on any atom is 0.331 e. The molecule has 0 aliphatic rings. The molecule has 7 heteroatoms. The van der Waals surface area contributed by atoms with E-state index in [0.717, 1.165) is 16.5 Å². The highest BCUT2D eigenvalue weighted by Gasteiger charge is 2.09. The minimum Gasteiger partial charge on any atom is -0.452 e. The van der Waals surface area contributed by atoms with Crippen LogP contribution in [-0.4, -0.2) is 18.5 Å². The van der Waals surface area contributed by atoms with Crippen LogP contribution in [0.2, 0.25) is 5.02 Å². The summed E-state index contributed by atoms with van der Waals surface area (Å²) in [6.45, 7) is 1.42. The summed E-state index contributed by atoms with van der Waals surface area (Å²) >= 11 is 7.11. The number of aryl methyl sites for hydroxylation is 1.